The highest BCUT2D eigenvalue weighted by atomic mass is 35.5. The number of halogens is 1. The summed E-state index contributed by atoms with van der Waals surface area (Å²) in [6.45, 7) is 3.85. The van der Waals surface area contributed by atoms with E-state index in [1.807, 2.05) is 13.0 Å². The molecule has 7 nitrogen and oxygen atoms in total. The van der Waals surface area contributed by atoms with Gasteiger partial charge in [0.2, 0.25) is 0 Å². The molecule has 152 valence electrons. The molecule has 1 atom stereocenters. The van der Waals surface area contributed by atoms with E-state index in [0.29, 0.717) is 29.4 Å². The Bertz CT molecular complexity index is 939. The zero-order valence-electron chi connectivity index (χ0n) is 16.3. The SMILES string of the molecule is CCCOc1c(Cl)cc(C(=O)O[C@@H](C)C(=O)Nc2cccc(C#N)c2)cc1OC. The smallest absolute Gasteiger partial charge is 0.339 e. The second-order valence-electron chi connectivity index (χ2n) is 6.07. The summed E-state index contributed by atoms with van der Waals surface area (Å²) in [6.07, 6.45) is -0.290. The van der Waals surface area contributed by atoms with Crippen LogP contribution < -0.4 is 14.8 Å². The van der Waals surface area contributed by atoms with Crippen LogP contribution in [0, 0.1) is 11.3 Å². The van der Waals surface area contributed by atoms with E-state index in [-0.39, 0.29) is 10.6 Å². The molecule has 0 radical (unpaired) electrons. The maximum atomic E-state index is 12.5. The van der Waals surface area contributed by atoms with Crippen molar-refractivity contribution in [2.45, 2.75) is 26.4 Å². The summed E-state index contributed by atoms with van der Waals surface area (Å²) in [5.41, 5.74) is 0.959. The summed E-state index contributed by atoms with van der Waals surface area (Å²) in [6, 6.07) is 11.2. The number of esters is 1. The third-order valence-corrected chi connectivity index (χ3v) is 4.11. The summed E-state index contributed by atoms with van der Waals surface area (Å²) < 4.78 is 16.0. The van der Waals surface area contributed by atoms with Gasteiger partial charge in [-0.2, -0.15) is 5.26 Å². The van der Waals surface area contributed by atoms with Crippen LogP contribution in [0.1, 0.15) is 36.2 Å². The second kappa shape index (κ2) is 10.3. The molecule has 1 amide bonds. The monoisotopic (exact) mass is 416 g/mol. The van der Waals surface area contributed by atoms with E-state index in [1.54, 1.807) is 18.2 Å². The van der Waals surface area contributed by atoms with Crippen LogP contribution in [0.15, 0.2) is 36.4 Å². The lowest BCUT2D eigenvalue weighted by Crippen LogP contribution is -2.30. The van der Waals surface area contributed by atoms with Gasteiger partial charge in [0, 0.05) is 5.69 Å². The summed E-state index contributed by atoms with van der Waals surface area (Å²) >= 11 is 6.21. The van der Waals surface area contributed by atoms with E-state index in [1.165, 1.54) is 32.2 Å². The fourth-order valence-electron chi connectivity index (χ4n) is 2.37. The van der Waals surface area contributed by atoms with Gasteiger partial charge >= 0.3 is 5.97 Å². The molecule has 0 bridgehead atoms. The minimum Gasteiger partial charge on any atom is -0.493 e. The topological polar surface area (TPSA) is 97.6 Å². The van der Waals surface area contributed by atoms with E-state index in [2.05, 4.69) is 5.32 Å². The van der Waals surface area contributed by atoms with Gasteiger partial charge < -0.3 is 19.5 Å². The van der Waals surface area contributed by atoms with Crippen molar-refractivity contribution in [2.24, 2.45) is 0 Å². The van der Waals surface area contributed by atoms with Gasteiger partial charge in [0.15, 0.2) is 17.6 Å². The number of nitrogens with one attached hydrogen (secondary N) is 1. The van der Waals surface area contributed by atoms with Crippen LogP contribution in [0.3, 0.4) is 0 Å². The Morgan fingerprint density at radius 3 is 2.69 bits per heavy atom. The number of nitriles is 1. The maximum absolute atomic E-state index is 12.5. The first-order valence-electron chi connectivity index (χ1n) is 8.92. The zero-order chi connectivity index (χ0) is 21.4. The van der Waals surface area contributed by atoms with E-state index in [9.17, 15) is 9.59 Å². The normalized spacial score (nSPS) is 11.1. The van der Waals surface area contributed by atoms with E-state index < -0.39 is 18.0 Å². The molecular weight excluding hydrogens is 396 g/mol. The van der Waals surface area contributed by atoms with Crippen molar-refractivity contribution >= 4 is 29.2 Å². The van der Waals surface area contributed by atoms with Gasteiger partial charge in [0.25, 0.3) is 5.91 Å². The second-order valence-corrected chi connectivity index (χ2v) is 6.47. The van der Waals surface area contributed by atoms with Gasteiger partial charge in [-0.1, -0.05) is 24.6 Å². The number of benzene rings is 2. The molecule has 0 aromatic heterocycles. The molecule has 0 saturated carbocycles. The van der Waals surface area contributed by atoms with E-state index in [4.69, 9.17) is 31.1 Å². The molecule has 0 unspecified atom stereocenters. The highest BCUT2D eigenvalue weighted by molar-refractivity contribution is 6.32. The third kappa shape index (κ3) is 5.87. The lowest BCUT2D eigenvalue weighted by Gasteiger charge is -2.16. The minimum absolute atomic E-state index is 0.127. The largest absolute Gasteiger partial charge is 0.493 e. The molecule has 29 heavy (non-hydrogen) atoms. The Labute approximate surface area is 174 Å². The van der Waals surface area contributed by atoms with Crippen LogP contribution in [0.2, 0.25) is 5.02 Å². The summed E-state index contributed by atoms with van der Waals surface area (Å²) in [4.78, 5) is 24.8. The fraction of sp³-hybridized carbons (Fsp3) is 0.286. The first kappa shape index (κ1) is 22.1. The summed E-state index contributed by atoms with van der Waals surface area (Å²) in [5, 5.41) is 11.7. The van der Waals surface area contributed by atoms with Crippen molar-refractivity contribution in [3.63, 3.8) is 0 Å². The van der Waals surface area contributed by atoms with Crippen molar-refractivity contribution in [2.75, 3.05) is 19.0 Å². The van der Waals surface area contributed by atoms with Crippen molar-refractivity contribution in [3.8, 4) is 17.6 Å². The molecular formula is C21H21ClN2O5. The highest BCUT2D eigenvalue weighted by Gasteiger charge is 2.22. The Morgan fingerprint density at radius 2 is 2.03 bits per heavy atom. The van der Waals surface area contributed by atoms with Crippen LogP contribution in [-0.4, -0.2) is 31.7 Å². The van der Waals surface area contributed by atoms with Crippen molar-refractivity contribution in [1.29, 1.82) is 5.26 Å². The third-order valence-electron chi connectivity index (χ3n) is 3.83. The van der Waals surface area contributed by atoms with Crippen molar-refractivity contribution < 1.29 is 23.8 Å². The molecule has 0 aliphatic carbocycles. The Morgan fingerprint density at radius 1 is 1.28 bits per heavy atom. The van der Waals surface area contributed by atoms with Gasteiger partial charge in [-0.25, -0.2) is 4.79 Å². The van der Waals surface area contributed by atoms with Crippen molar-refractivity contribution in [3.05, 3.63) is 52.5 Å². The van der Waals surface area contributed by atoms with Gasteiger partial charge in [-0.05, 0) is 43.7 Å². The van der Waals surface area contributed by atoms with Crippen LogP contribution in [0.4, 0.5) is 5.69 Å². The number of hydrogen-bond acceptors (Lipinski definition) is 6. The molecule has 8 heteroatoms. The molecule has 0 spiro atoms. The summed E-state index contributed by atoms with van der Waals surface area (Å²) in [5.74, 6) is -0.630. The van der Waals surface area contributed by atoms with Crippen LogP contribution in [0.25, 0.3) is 0 Å². The van der Waals surface area contributed by atoms with Gasteiger partial charge in [0.05, 0.1) is 35.9 Å². The molecule has 1 N–H and O–H groups in total. The maximum Gasteiger partial charge on any atom is 0.339 e. The van der Waals surface area contributed by atoms with E-state index in [0.717, 1.165) is 6.42 Å². The fourth-order valence-corrected chi connectivity index (χ4v) is 2.64. The van der Waals surface area contributed by atoms with E-state index >= 15 is 0 Å². The predicted octanol–water partition coefficient (Wildman–Crippen LogP) is 4.19. The summed E-state index contributed by atoms with van der Waals surface area (Å²) in [7, 11) is 1.44. The molecule has 0 fully saturated rings. The zero-order valence-corrected chi connectivity index (χ0v) is 17.1. The average Bonchev–Trinajstić information content (AvgIpc) is 2.72. The lowest BCUT2D eigenvalue weighted by molar-refractivity contribution is -0.123. The molecule has 0 heterocycles. The van der Waals surface area contributed by atoms with Gasteiger partial charge in [0.1, 0.15) is 0 Å². The number of anilines is 1. The number of methoxy groups -OCH3 is 1. The number of hydrogen-bond donors (Lipinski definition) is 1. The molecule has 0 aliphatic rings. The molecule has 2 aromatic carbocycles. The van der Waals surface area contributed by atoms with Crippen LogP contribution >= 0.6 is 11.6 Å². The van der Waals surface area contributed by atoms with Crippen LogP contribution in [-0.2, 0) is 9.53 Å². The minimum atomic E-state index is -1.07. The lowest BCUT2D eigenvalue weighted by atomic mass is 10.2. The number of carbonyl (C=O) groups is 2. The van der Waals surface area contributed by atoms with Crippen molar-refractivity contribution in [1.82, 2.24) is 0 Å². The molecule has 0 aliphatic heterocycles. The Balaban J connectivity index is 2.09. The van der Waals surface area contributed by atoms with Crippen LogP contribution in [0.5, 0.6) is 11.5 Å². The Kier molecular flexibility index (Phi) is 7.87. The number of amides is 1. The highest BCUT2D eigenvalue weighted by Crippen LogP contribution is 2.36. The number of ether oxygens (including phenoxy) is 3. The predicted molar refractivity (Wildman–Crippen MR) is 108 cm³/mol. The first-order chi connectivity index (χ1) is 13.9. The van der Waals surface area contributed by atoms with Gasteiger partial charge in [-0.3, -0.25) is 4.79 Å². The quantitative estimate of drug-likeness (QED) is 0.648. The number of nitrogens with zero attached hydrogens (tertiary/aromatic N) is 1. The molecule has 2 aromatic rings. The van der Waals surface area contributed by atoms with Gasteiger partial charge in [-0.15, -0.1) is 0 Å². The molecule has 0 saturated heterocycles. The average molecular weight is 417 g/mol. The number of carbonyl (C=O) groups excluding carboxylic acids is 2. The number of rotatable bonds is 8. The Hall–Kier alpha value is -3.24. The first-order valence-corrected chi connectivity index (χ1v) is 9.29. The standard InChI is InChI=1S/C21H21ClN2O5/c1-4-8-28-19-17(22)10-15(11-18(19)27-3)21(26)29-13(2)20(25)24-16-7-5-6-14(9-16)12-23/h5-7,9-11,13H,4,8H2,1-3H3,(H,24,25)/t13-/m0/s1. The molecule has 2 rings (SSSR count).